The minimum atomic E-state index is -0.265. The Morgan fingerprint density at radius 2 is 1.92 bits per heavy atom. The summed E-state index contributed by atoms with van der Waals surface area (Å²) >= 11 is 3.58. The number of hydrogen-bond acceptors (Lipinski definition) is 4. The SMILES string of the molecule is Cc1cc(Br)c2nc(/C=C/c3ccc(F)cc3)nc(NCCCO)c2c1. The highest BCUT2D eigenvalue weighted by molar-refractivity contribution is 9.10. The van der Waals surface area contributed by atoms with E-state index in [4.69, 9.17) is 5.11 Å². The lowest BCUT2D eigenvalue weighted by Crippen LogP contribution is -2.07. The number of aliphatic hydroxyl groups excluding tert-OH is 1. The Hall–Kier alpha value is -2.31. The standard InChI is InChI=1S/C20H19BrFN3O/c1-13-11-16-19(17(21)12-13)24-18(25-20(16)23-9-2-10-26)8-5-14-3-6-15(22)7-4-14/h3-8,11-12,26H,2,9-10H2,1H3,(H,23,24,25)/b8-5+. The van der Waals surface area contributed by atoms with E-state index >= 15 is 0 Å². The van der Waals surface area contributed by atoms with E-state index in [1.807, 2.05) is 25.1 Å². The van der Waals surface area contributed by atoms with Gasteiger partial charge in [0.25, 0.3) is 0 Å². The number of aliphatic hydroxyl groups is 1. The average Bonchev–Trinajstić information content (AvgIpc) is 2.62. The van der Waals surface area contributed by atoms with Crippen molar-refractivity contribution in [2.45, 2.75) is 13.3 Å². The van der Waals surface area contributed by atoms with Crippen molar-refractivity contribution >= 4 is 44.8 Å². The number of nitrogens with one attached hydrogen (secondary N) is 1. The zero-order valence-electron chi connectivity index (χ0n) is 14.3. The van der Waals surface area contributed by atoms with Gasteiger partial charge in [0.1, 0.15) is 11.6 Å². The molecule has 1 heterocycles. The van der Waals surface area contributed by atoms with Gasteiger partial charge in [-0.15, -0.1) is 0 Å². The monoisotopic (exact) mass is 415 g/mol. The molecule has 4 nitrogen and oxygen atoms in total. The highest BCUT2D eigenvalue weighted by atomic mass is 79.9. The van der Waals surface area contributed by atoms with Crippen LogP contribution in [0.25, 0.3) is 23.1 Å². The first-order chi connectivity index (χ1) is 12.6. The van der Waals surface area contributed by atoms with E-state index in [-0.39, 0.29) is 12.4 Å². The van der Waals surface area contributed by atoms with E-state index in [0.29, 0.717) is 18.8 Å². The van der Waals surface area contributed by atoms with Crippen molar-refractivity contribution in [2.75, 3.05) is 18.5 Å². The van der Waals surface area contributed by atoms with Crippen molar-refractivity contribution in [3.63, 3.8) is 0 Å². The molecule has 2 aromatic carbocycles. The molecule has 3 rings (SSSR count). The second kappa shape index (κ2) is 8.38. The molecule has 0 bridgehead atoms. The molecule has 0 fully saturated rings. The molecule has 1 aromatic heterocycles. The van der Waals surface area contributed by atoms with E-state index < -0.39 is 0 Å². The van der Waals surface area contributed by atoms with Crippen LogP contribution in [0.3, 0.4) is 0 Å². The lowest BCUT2D eigenvalue weighted by atomic mass is 10.1. The summed E-state index contributed by atoms with van der Waals surface area (Å²) < 4.78 is 13.9. The summed E-state index contributed by atoms with van der Waals surface area (Å²) in [5.74, 6) is 1.02. The van der Waals surface area contributed by atoms with Crippen LogP contribution in [-0.2, 0) is 0 Å². The van der Waals surface area contributed by atoms with E-state index in [1.165, 1.54) is 12.1 Å². The molecule has 6 heteroatoms. The summed E-state index contributed by atoms with van der Waals surface area (Å²) in [7, 11) is 0. The minimum absolute atomic E-state index is 0.121. The molecule has 0 saturated carbocycles. The number of aryl methyl sites for hydroxylation is 1. The summed E-state index contributed by atoms with van der Waals surface area (Å²) in [5, 5.41) is 13.2. The number of anilines is 1. The molecule has 134 valence electrons. The van der Waals surface area contributed by atoms with E-state index in [2.05, 4.69) is 31.2 Å². The summed E-state index contributed by atoms with van der Waals surface area (Å²) in [6.07, 6.45) is 4.29. The Morgan fingerprint density at radius 3 is 2.65 bits per heavy atom. The number of fused-ring (bicyclic) bond motifs is 1. The Kier molecular flexibility index (Phi) is 5.96. The molecule has 0 amide bonds. The lowest BCUT2D eigenvalue weighted by molar-refractivity contribution is 0.292. The molecule has 3 aromatic rings. The maximum absolute atomic E-state index is 13.0. The van der Waals surface area contributed by atoms with E-state index in [1.54, 1.807) is 18.2 Å². The van der Waals surface area contributed by atoms with Crippen LogP contribution in [0.2, 0.25) is 0 Å². The second-order valence-corrected chi connectivity index (χ2v) is 6.82. The largest absolute Gasteiger partial charge is 0.396 e. The number of halogens is 2. The highest BCUT2D eigenvalue weighted by Crippen LogP contribution is 2.29. The van der Waals surface area contributed by atoms with Crippen LogP contribution in [0.15, 0.2) is 40.9 Å². The summed E-state index contributed by atoms with van der Waals surface area (Å²) in [6.45, 7) is 2.76. The van der Waals surface area contributed by atoms with Gasteiger partial charge in [-0.3, -0.25) is 0 Å². The Morgan fingerprint density at radius 1 is 1.15 bits per heavy atom. The normalized spacial score (nSPS) is 11.4. The highest BCUT2D eigenvalue weighted by Gasteiger charge is 2.10. The van der Waals surface area contributed by atoms with Crippen LogP contribution in [0.5, 0.6) is 0 Å². The molecule has 0 aliphatic rings. The smallest absolute Gasteiger partial charge is 0.155 e. The van der Waals surface area contributed by atoms with Gasteiger partial charge in [-0.1, -0.05) is 18.2 Å². The quantitative estimate of drug-likeness (QED) is 0.567. The predicted octanol–water partition coefficient (Wildman–Crippen LogP) is 4.80. The summed E-state index contributed by atoms with van der Waals surface area (Å²) in [5.41, 5.74) is 2.79. The van der Waals surface area contributed by atoms with Gasteiger partial charge < -0.3 is 10.4 Å². The number of aromatic nitrogens is 2. The molecule has 0 unspecified atom stereocenters. The van der Waals surface area contributed by atoms with Crippen molar-refractivity contribution in [1.82, 2.24) is 9.97 Å². The van der Waals surface area contributed by atoms with Gasteiger partial charge in [-0.2, -0.15) is 0 Å². The van der Waals surface area contributed by atoms with E-state index in [0.717, 1.165) is 32.3 Å². The average molecular weight is 416 g/mol. The van der Waals surface area contributed by atoms with Crippen LogP contribution < -0.4 is 5.32 Å². The topological polar surface area (TPSA) is 58.0 Å². The predicted molar refractivity (Wildman–Crippen MR) is 107 cm³/mol. The minimum Gasteiger partial charge on any atom is -0.396 e. The number of benzene rings is 2. The third-order valence-electron chi connectivity index (χ3n) is 3.84. The van der Waals surface area contributed by atoms with Gasteiger partial charge >= 0.3 is 0 Å². The number of nitrogens with zero attached hydrogens (tertiary/aromatic N) is 2. The van der Waals surface area contributed by atoms with Crippen molar-refractivity contribution < 1.29 is 9.50 Å². The van der Waals surface area contributed by atoms with Gasteiger partial charge in [0.05, 0.1) is 5.52 Å². The molecule has 2 N–H and O–H groups in total. The Labute approximate surface area is 159 Å². The zero-order chi connectivity index (χ0) is 18.5. The maximum Gasteiger partial charge on any atom is 0.155 e. The van der Waals surface area contributed by atoms with Crippen LogP contribution in [0, 0.1) is 12.7 Å². The van der Waals surface area contributed by atoms with Crippen LogP contribution in [0.1, 0.15) is 23.4 Å². The van der Waals surface area contributed by atoms with Crippen LogP contribution in [0.4, 0.5) is 10.2 Å². The van der Waals surface area contributed by atoms with Gasteiger partial charge in [-0.05, 0) is 70.7 Å². The Balaban J connectivity index is 2.00. The fourth-order valence-electron chi connectivity index (χ4n) is 2.58. The second-order valence-electron chi connectivity index (χ2n) is 5.96. The van der Waals surface area contributed by atoms with Gasteiger partial charge in [0, 0.05) is 23.0 Å². The first-order valence-corrected chi connectivity index (χ1v) is 9.12. The summed E-state index contributed by atoms with van der Waals surface area (Å²) in [6, 6.07) is 10.3. The Bertz CT molecular complexity index is 942. The fraction of sp³-hybridized carbons (Fsp3) is 0.200. The lowest BCUT2D eigenvalue weighted by Gasteiger charge is -2.11. The molecule has 0 spiro atoms. The molecule has 26 heavy (non-hydrogen) atoms. The number of rotatable bonds is 6. The van der Waals surface area contributed by atoms with Crippen molar-refractivity contribution in [3.8, 4) is 0 Å². The van der Waals surface area contributed by atoms with Gasteiger partial charge in [-0.25, -0.2) is 14.4 Å². The van der Waals surface area contributed by atoms with Crippen molar-refractivity contribution in [3.05, 3.63) is 63.6 Å². The number of hydrogen-bond donors (Lipinski definition) is 2. The van der Waals surface area contributed by atoms with Crippen molar-refractivity contribution in [2.24, 2.45) is 0 Å². The first kappa shape index (κ1) is 18.5. The molecular weight excluding hydrogens is 397 g/mol. The zero-order valence-corrected chi connectivity index (χ0v) is 15.9. The van der Waals surface area contributed by atoms with Gasteiger partial charge in [0.2, 0.25) is 0 Å². The molecule has 0 aliphatic heterocycles. The molecule has 0 saturated heterocycles. The van der Waals surface area contributed by atoms with Crippen LogP contribution in [-0.4, -0.2) is 28.2 Å². The van der Waals surface area contributed by atoms with Crippen molar-refractivity contribution in [1.29, 1.82) is 0 Å². The van der Waals surface area contributed by atoms with E-state index in [9.17, 15) is 4.39 Å². The maximum atomic E-state index is 13.0. The summed E-state index contributed by atoms with van der Waals surface area (Å²) in [4.78, 5) is 9.23. The van der Waals surface area contributed by atoms with Crippen LogP contribution >= 0.6 is 15.9 Å². The first-order valence-electron chi connectivity index (χ1n) is 8.33. The molecule has 0 radical (unpaired) electrons. The van der Waals surface area contributed by atoms with Gasteiger partial charge in [0.15, 0.2) is 5.82 Å². The third-order valence-corrected chi connectivity index (χ3v) is 4.44. The molecule has 0 atom stereocenters. The fourth-order valence-corrected chi connectivity index (χ4v) is 3.25. The molecule has 0 aliphatic carbocycles. The molecular formula is C20H19BrFN3O. The third kappa shape index (κ3) is 4.45.